The summed E-state index contributed by atoms with van der Waals surface area (Å²) in [5, 5.41) is 18.7. The van der Waals surface area contributed by atoms with Crippen LogP contribution in [0, 0.1) is 0 Å². The molecule has 1 saturated heterocycles. The van der Waals surface area contributed by atoms with Crippen molar-refractivity contribution in [1.29, 1.82) is 0 Å². The van der Waals surface area contributed by atoms with Gasteiger partial charge in [0.15, 0.2) is 5.82 Å². The number of hydrogen-bond donors (Lipinski definition) is 1. The zero-order valence-corrected chi connectivity index (χ0v) is 13.7. The van der Waals surface area contributed by atoms with Gasteiger partial charge in [-0.25, -0.2) is 0 Å². The summed E-state index contributed by atoms with van der Waals surface area (Å²) in [5.74, 6) is 0.589. The van der Waals surface area contributed by atoms with Crippen LogP contribution < -0.4 is 0 Å². The summed E-state index contributed by atoms with van der Waals surface area (Å²) in [6, 6.07) is 2.06. The Morgan fingerprint density at radius 3 is 2.83 bits per heavy atom. The summed E-state index contributed by atoms with van der Waals surface area (Å²) >= 11 is 0. The van der Waals surface area contributed by atoms with E-state index in [0.29, 0.717) is 18.7 Å². The monoisotopic (exact) mass is 327 g/mol. The molecule has 1 amide bonds. The highest BCUT2D eigenvalue weighted by Crippen LogP contribution is 2.41. The van der Waals surface area contributed by atoms with E-state index in [1.807, 2.05) is 34.8 Å². The first kappa shape index (κ1) is 15.0. The number of tetrazole rings is 1. The van der Waals surface area contributed by atoms with Crippen molar-refractivity contribution >= 4 is 5.91 Å². The van der Waals surface area contributed by atoms with Crippen LogP contribution in [0.5, 0.6) is 0 Å². The second-order valence-corrected chi connectivity index (χ2v) is 6.59. The number of carbonyl (C=O) groups excluding carboxylic acids is 1. The van der Waals surface area contributed by atoms with Crippen LogP contribution in [0.1, 0.15) is 49.7 Å². The molecule has 2 aromatic heterocycles. The Morgan fingerprint density at radius 2 is 2.17 bits per heavy atom. The van der Waals surface area contributed by atoms with E-state index in [-0.39, 0.29) is 11.9 Å². The maximum Gasteiger partial charge on any atom is 0.237 e. The zero-order valence-electron chi connectivity index (χ0n) is 13.7. The Bertz CT molecular complexity index is 740. The lowest BCUT2D eigenvalue weighted by Crippen LogP contribution is -2.49. The minimum atomic E-state index is -0.721. The first-order chi connectivity index (χ1) is 11.7. The fraction of sp³-hybridized carbons (Fsp3) is 0.562. The molecule has 8 nitrogen and oxygen atoms in total. The number of hydrogen-bond acceptors (Lipinski definition) is 5. The number of nitrogens with one attached hydrogen (secondary N) is 1. The fourth-order valence-electron chi connectivity index (χ4n) is 3.94. The van der Waals surface area contributed by atoms with Crippen molar-refractivity contribution < 1.29 is 4.79 Å². The smallest absolute Gasteiger partial charge is 0.237 e. The Labute approximate surface area is 139 Å². The normalized spacial score (nSPS) is 22.9. The number of allylic oxidation sites excluding steroid dienone is 2. The minimum Gasteiger partial charge on any atom is -0.333 e. The van der Waals surface area contributed by atoms with Gasteiger partial charge < -0.3 is 4.90 Å². The van der Waals surface area contributed by atoms with Gasteiger partial charge in [-0.1, -0.05) is 17.4 Å². The van der Waals surface area contributed by atoms with Crippen LogP contribution in [-0.4, -0.2) is 47.8 Å². The lowest BCUT2D eigenvalue weighted by Gasteiger charge is -2.40. The largest absolute Gasteiger partial charge is 0.333 e. The number of aromatic amines is 1. The van der Waals surface area contributed by atoms with E-state index in [4.69, 9.17) is 0 Å². The third-order valence-corrected chi connectivity index (χ3v) is 5.25. The molecular weight excluding hydrogens is 306 g/mol. The minimum absolute atomic E-state index is 0.0585. The molecule has 1 N–H and O–H groups in total. The summed E-state index contributed by atoms with van der Waals surface area (Å²) in [7, 11) is 1.93. The molecule has 0 aromatic carbocycles. The molecule has 0 spiro atoms. The van der Waals surface area contributed by atoms with Crippen molar-refractivity contribution in [3.8, 4) is 0 Å². The number of piperidine rings is 1. The standard InChI is InChI=1S/C16H21N7O/c1-22-12(7-10-17-22)13-6-2-5-11-23(13)15(24)16(8-3-4-9-16)14-18-20-21-19-14/h3-4,7,10,13H,2,5-6,8-9,11H2,1H3,(H,18,19,20,21). The number of carbonyl (C=O) groups is 1. The molecule has 24 heavy (non-hydrogen) atoms. The number of likely N-dealkylation sites (tertiary alicyclic amines) is 1. The SMILES string of the molecule is Cn1nccc1C1CCCCN1C(=O)C1(c2nn[nH]n2)CC=CC1. The lowest BCUT2D eigenvalue weighted by molar-refractivity contribution is -0.141. The molecule has 0 bridgehead atoms. The Balaban J connectivity index is 1.70. The van der Waals surface area contributed by atoms with Gasteiger partial charge in [0.2, 0.25) is 5.91 Å². The van der Waals surface area contributed by atoms with E-state index in [1.165, 1.54) is 0 Å². The number of nitrogens with zero attached hydrogens (tertiary/aromatic N) is 6. The quantitative estimate of drug-likeness (QED) is 0.857. The lowest BCUT2D eigenvalue weighted by atomic mass is 9.81. The molecule has 1 aliphatic carbocycles. The summed E-state index contributed by atoms with van der Waals surface area (Å²) in [6.45, 7) is 0.758. The van der Waals surface area contributed by atoms with E-state index in [1.54, 1.807) is 6.20 Å². The predicted molar refractivity (Wildman–Crippen MR) is 85.7 cm³/mol. The van der Waals surface area contributed by atoms with Gasteiger partial charge in [0.25, 0.3) is 0 Å². The van der Waals surface area contributed by atoms with E-state index in [2.05, 4.69) is 25.7 Å². The Hall–Kier alpha value is -2.51. The average molecular weight is 327 g/mol. The highest BCUT2D eigenvalue weighted by Gasteiger charge is 2.48. The fourth-order valence-corrected chi connectivity index (χ4v) is 3.94. The van der Waals surface area contributed by atoms with E-state index >= 15 is 0 Å². The second-order valence-electron chi connectivity index (χ2n) is 6.59. The Morgan fingerprint density at radius 1 is 1.33 bits per heavy atom. The summed E-state index contributed by atoms with van der Waals surface area (Å²) in [5.41, 5.74) is 0.360. The zero-order chi connectivity index (χ0) is 16.6. The molecule has 1 fully saturated rings. The van der Waals surface area contributed by atoms with E-state index in [0.717, 1.165) is 31.5 Å². The van der Waals surface area contributed by atoms with Crippen LogP contribution in [0.2, 0.25) is 0 Å². The molecule has 8 heteroatoms. The maximum atomic E-state index is 13.6. The van der Waals surface area contributed by atoms with Crippen LogP contribution >= 0.6 is 0 Å². The number of rotatable bonds is 3. The summed E-state index contributed by atoms with van der Waals surface area (Å²) in [4.78, 5) is 15.6. The number of aryl methyl sites for hydroxylation is 1. The van der Waals surface area contributed by atoms with Crippen molar-refractivity contribution in [3.05, 3.63) is 35.9 Å². The van der Waals surface area contributed by atoms with Gasteiger partial charge in [-0.2, -0.15) is 10.3 Å². The molecule has 2 aromatic rings. The molecular formula is C16H21N7O. The Kier molecular flexibility index (Phi) is 3.66. The van der Waals surface area contributed by atoms with Crippen molar-refractivity contribution in [3.63, 3.8) is 0 Å². The van der Waals surface area contributed by atoms with Gasteiger partial charge in [-0.15, -0.1) is 10.2 Å². The number of amides is 1. The first-order valence-corrected chi connectivity index (χ1v) is 8.40. The molecule has 4 rings (SSSR count). The topological polar surface area (TPSA) is 92.6 Å². The summed E-state index contributed by atoms with van der Waals surface area (Å²) in [6.07, 6.45) is 10.2. The third kappa shape index (κ3) is 2.24. The molecule has 1 atom stereocenters. The van der Waals surface area contributed by atoms with Crippen molar-refractivity contribution in [2.45, 2.75) is 43.6 Å². The van der Waals surface area contributed by atoms with Gasteiger partial charge >= 0.3 is 0 Å². The first-order valence-electron chi connectivity index (χ1n) is 8.40. The van der Waals surface area contributed by atoms with Gasteiger partial charge in [0.05, 0.1) is 11.7 Å². The number of H-pyrrole nitrogens is 1. The van der Waals surface area contributed by atoms with Crippen molar-refractivity contribution in [2.75, 3.05) is 6.54 Å². The summed E-state index contributed by atoms with van der Waals surface area (Å²) < 4.78 is 1.87. The molecule has 2 aliphatic rings. The third-order valence-electron chi connectivity index (χ3n) is 5.25. The van der Waals surface area contributed by atoms with Gasteiger partial charge in [0.1, 0.15) is 5.41 Å². The van der Waals surface area contributed by atoms with Crippen LogP contribution in [0.25, 0.3) is 0 Å². The van der Waals surface area contributed by atoms with Crippen LogP contribution in [-0.2, 0) is 17.3 Å². The highest BCUT2D eigenvalue weighted by atomic mass is 16.2. The van der Waals surface area contributed by atoms with Gasteiger partial charge in [-0.05, 0) is 38.2 Å². The van der Waals surface area contributed by atoms with Crippen molar-refractivity contribution in [2.24, 2.45) is 7.05 Å². The molecule has 126 valence electrons. The van der Waals surface area contributed by atoms with Crippen LogP contribution in [0.15, 0.2) is 24.4 Å². The van der Waals surface area contributed by atoms with Gasteiger partial charge in [0, 0.05) is 19.8 Å². The predicted octanol–water partition coefficient (Wildman–Crippen LogP) is 1.27. The number of aromatic nitrogens is 6. The molecule has 0 radical (unpaired) electrons. The van der Waals surface area contributed by atoms with Crippen LogP contribution in [0.4, 0.5) is 0 Å². The molecule has 1 unspecified atom stereocenters. The van der Waals surface area contributed by atoms with E-state index < -0.39 is 5.41 Å². The second kappa shape index (κ2) is 5.85. The molecule has 0 saturated carbocycles. The molecule has 3 heterocycles. The van der Waals surface area contributed by atoms with Gasteiger partial charge in [-0.3, -0.25) is 9.48 Å². The van der Waals surface area contributed by atoms with E-state index in [9.17, 15) is 4.79 Å². The van der Waals surface area contributed by atoms with Crippen molar-refractivity contribution in [1.82, 2.24) is 35.3 Å². The average Bonchev–Trinajstić information content (AvgIpc) is 3.35. The highest BCUT2D eigenvalue weighted by molar-refractivity contribution is 5.88. The van der Waals surface area contributed by atoms with Crippen LogP contribution in [0.3, 0.4) is 0 Å². The molecule has 1 aliphatic heterocycles. The maximum absolute atomic E-state index is 13.6.